The standard InChI is InChI=1S/C25H28N2O5S2/c1-25(2)23(24(28)29)27(13-15-33-25)34(30,31)22-11-9-20(10-12-22)19-7-5-18(6-8-19)16-26-17-21-4-3-14-32-21/h3-12,14,23,26H,13,15-17H2,1-2H3,(H,28,29)/t23-/m0/s1. The van der Waals surface area contributed by atoms with Crippen LogP contribution in [0.5, 0.6) is 0 Å². The maximum Gasteiger partial charge on any atom is 0.323 e. The number of nitrogens with one attached hydrogen (secondary N) is 1. The van der Waals surface area contributed by atoms with Crippen LogP contribution in [0.4, 0.5) is 0 Å². The first-order chi connectivity index (χ1) is 16.2. The Kier molecular flexibility index (Phi) is 7.18. The topological polar surface area (TPSA) is 99.9 Å². The molecule has 0 amide bonds. The van der Waals surface area contributed by atoms with Gasteiger partial charge in [0.15, 0.2) is 0 Å². The number of aliphatic carboxylic acids is 1. The second-order valence-corrected chi connectivity index (χ2v) is 12.4. The van der Waals surface area contributed by atoms with Crippen molar-refractivity contribution in [3.05, 3.63) is 78.3 Å². The molecular formula is C25H28N2O5S2. The fourth-order valence-electron chi connectivity index (χ4n) is 4.15. The highest BCUT2D eigenvalue weighted by Gasteiger charge is 2.48. The Morgan fingerprint density at radius 2 is 1.74 bits per heavy atom. The number of carbonyl (C=O) groups is 1. The second-order valence-electron chi connectivity index (χ2n) is 8.71. The van der Waals surface area contributed by atoms with Crippen LogP contribution in [-0.2, 0) is 27.9 Å². The van der Waals surface area contributed by atoms with Crippen LogP contribution in [0.15, 0.2) is 76.2 Å². The van der Waals surface area contributed by atoms with E-state index in [1.54, 1.807) is 44.4 Å². The Morgan fingerprint density at radius 1 is 1.09 bits per heavy atom. The van der Waals surface area contributed by atoms with E-state index in [1.807, 2.05) is 36.4 Å². The van der Waals surface area contributed by atoms with Crippen molar-refractivity contribution in [1.29, 1.82) is 0 Å². The molecule has 1 aromatic heterocycles. The molecule has 0 bridgehead atoms. The average molecular weight is 501 g/mol. The molecule has 0 aliphatic carbocycles. The van der Waals surface area contributed by atoms with E-state index in [9.17, 15) is 18.3 Å². The highest BCUT2D eigenvalue weighted by Crippen LogP contribution is 2.38. The van der Waals surface area contributed by atoms with Gasteiger partial charge in [-0.2, -0.15) is 16.1 Å². The summed E-state index contributed by atoms with van der Waals surface area (Å²) >= 11 is 1.48. The van der Waals surface area contributed by atoms with Crippen molar-refractivity contribution in [2.45, 2.75) is 42.6 Å². The monoisotopic (exact) mass is 500 g/mol. The molecule has 1 aliphatic rings. The number of rotatable bonds is 8. The van der Waals surface area contributed by atoms with Crippen LogP contribution in [0.25, 0.3) is 11.1 Å². The number of hydrogen-bond donors (Lipinski definition) is 2. The average Bonchev–Trinajstić information content (AvgIpc) is 3.32. The molecule has 7 nitrogen and oxygen atoms in total. The lowest BCUT2D eigenvalue weighted by molar-refractivity contribution is -0.142. The summed E-state index contributed by atoms with van der Waals surface area (Å²) in [5.41, 5.74) is 2.98. The Balaban J connectivity index is 1.46. The number of carboxylic acids is 1. The van der Waals surface area contributed by atoms with Crippen LogP contribution in [0, 0.1) is 0 Å². The van der Waals surface area contributed by atoms with E-state index in [-0.39, 0.29) is 11.4 Å². The second kappa shape index (κ2) is 9.95. The van der Waals surface area contributed by atoms with Gasteiger partial charge in [0.2, 0.25) is 10.0 Å². The predicted molar refractivity (Wildman–Crippen MR) is 133 cm³/mol. The van der Waals surface area contributed by atoms with Crippen LogP contribution in [0.3, 0.4) is 0 Å². The summed E-state index contributed by atoms with van der Waals surface area (Å²) in [7, 11) is -3.94. The van der Waals surface area contributed by atoms with Gasteiger partial charge in [0.25, 0.3) is 0 Å². The van der Waals surface area contributed by atoms with Gasteiger partial charge < -0.3 is 14.8 Å². The lowest BCUT2D eigenvalue weighted by Gasteiger charge is -2.42. The molecule has 2 N–H and O–H groups in total. The van der Waals surface area contributed by atoms with E-state index in [0.29, 0.717) is 18.8 Å². The molecule has 2 aromatic carbocycles. The Hall–Kier alpha value is -2.59. The van der Waals surface area contributed by atoms with Gasteiger partial charge in [0.05, 0.1) is 17.7 Å². The van der Waals surface area contributed by atoms with Crippen molar-refractivity contribution in [2.24, 2.45) is 0 Å². The summed E-state index contributed by atoms with van der Waals surface area (Å²) in [6.45, 7) is 5.08. The zero-order valence-corrected chi connectivity index (χ0v) is 20.7. The molecule has 1 saturated heterocycles. The van der Waals surface area contributed by atoms with E-state index >= 15 is 0 Å². The lowest BCUT2D eigenvalue weighted by Crippen LogP contribution is -2.58. The van der Waals surface area contributed by atoms with Gasteiger partial charge in [-0.1, -0.05) is 36.4 Å². The van der Waals surface area contributed by atoms with E-state index in [4.69, 9.17) is 4.42 Å². The molecule has 0 spiro atoms. The predicted octanol–water partition coefficient (Wildman–Crippen LogP) is 4.21. The summed E-state index contributed by atoms with van der Waals surface area (Å²) in [5, 5.41) is 13.1. The minimum absolute atomic E-state index is 0.101. The number of nitrogens with zero attached hydrogens (tertiary/aromatic N) is 1. The zero-order valence-electron chi connectivity index (χ0n) is 19.1. The fraction of sp³-hybridized carbons (Fsp3) is 0.320. The van der Waals surface area contributed by atoms with E-state index in [2.05, 4.69) is 5.32 Å². The molecule has 1 fully saturated rings. The Morgan fingerprint density at radius 3 is 2.32 bits per heavy atom. The first-order valence-electron chi connectivity index (χ1n) is 11.0. The molecule has 2 heterocycles. The van der Waals surface area contributed by atoms with Crippen molar-refractivity contribution >= 4 is 27.8 Å². The maximum absolute atomic E-state index is 13.3. The molecule has 0 radical (unpaired) electrons. The van der Waals surface area contributed by atoms with E-state index in [0.717, 1.165) is 26.8 Å². The third-order valence-corrected chi connectivity index (χ3v) is 9.16. The zero-order chi connectivity index (χ0) is 24.3. The molecule has 0 unspecified atom stereocenters. The molecule has 180 valence electrons. The van der Waals surface area contributed by atoms with Crippen molar-refractivity contribution in [2.75, 3.05) is 12.3 Å². The molecule has 0 saturated carbocycles. The Labute approximate surface area is 204 Å². The largest absolute Gasteiger partial charge is 0.480 e. The number of hydrogen-bond acceptors (Lipinski definition) is 6. The molecule has 4 rings (SSSR count). The van der Waals surface area contributed by atoms with Gasteiger partial charge in [-0.25, -0.2) is 8.42 Å². The first kappa shape index (κ1) is 24.5. The number of thioether (sulfide) groups is 1. The van der Waals surface area contributed by atoms with Gasteiger partial charge in [-0.15, -0.1) is 0 Å². The number of benzene rings is 2. The van der Waals surface area contributed by atoms with Crippen LogP contribution in [-0.4, -0.2) is 46.9 Å². The fourth-order valence-corrected chi connectivity index (χ4v) is 7.24. The van der Waals surface area contributed by atoms with Gasteiger partial charge in [-0.3, -0.25) is 4.79 Å². The van der Waals surface area contributed by atoms with Crippen LogP contribution < -0.4 is 5.32 Å². The molecule has 34 heavy (non-hydrogen) atoms. The van der Waals surface area contributed by atoms with Gasteiger partial charge in [0, 0.05) is 23.6 Å². The van der Waals surface area contributed by atoms with Crippen LogP contribution in [0.2, 0.25) is 0 Å². The molecular weight excluding hydrogens is 472 g/mol. The van der Waals surface area contributed by atoms with Crippen molar-refractivity contribution in [3.63, 3.8) is 0 Å². The number of sulfonamides is 1. The summed E-state index contributed by atoms with van der Waals surface area (Å²) in [6.07, 6.45) is 1.65. The Bertz CT molecular complexity index is 1220. The number of furan rings is 1. The quantitative estimate of drug-likeness (QED) is 0.478. The highest BCUT2D eigenvalue weighted by molar-refractivity contribution is 8.00. The summed E-state index contributed by atoms with van der Waals surface area (Å²) < 4.78 is 32.3. The first-order valence-corrected chi connectivity index (χ1v) is 13.4. The minimum atomic E-state index is -3.94. The van der Waals surface area contributed by atoms with Gasteiger partial charge in [0.1, 0.15) is 11.8 Å². The SMILES string of the molecule is CC1(C)SCCN(S(=O)(=O)c2ccc(-c3ccc(CNCc4ccco4)cc3)cc2)[C@H]1C(=O)O. The third kappa shape index (κ3) is 5.22. The van der Waals surface area contributed by atoms with E-state index < -0.39 is 26.8 Å². The van der Waals surface area contributed by atoms with Crippen LogP contribution >= 0.6 is 11.8 Å². The molecule has 3 aromatic rings. The van der Waals surface area contributed by atoms with Crippen LogP contribution in [0.1, 0.15) is 25.2 Å². The summed E-state index contributed by atoms with van der Waals surface area (Å²) in [5.74, 6) is 0.306. The van der Waals surface area contributed by atoms with Gasteiger partial charge in [-0.05, 0) is 54.8 Å². The summed E-state index contributed by atoms with van der Waals surface area (Å²) in [4.78, 5) is 12.0. The molecule has 1 aliphatic heterocycles. The minimum Gasteiger partial charge on any atom is -0.480 e. The maximum atomic E-state index is 13.3. The lowest BCUT2D eigenvalue weighted by atomic mass is 10.0. The smallest absolute Gasteiger partial charge is 0.323 e. The van der Waals surface area contributed by atoms with Gasteiger partial charge >= 0.3 is 5.97 Å². The normalized spacial score (nSPS) is 18.6. The highest BCUT2D eigenvalue weighted by atomic mass is 32.2. The number of carboxylic acid groups (broad SMARTS) is 1. The molecule has 9 heteroatoms. The third-order valence-electron chi connectivity index (χ3n) is 5.92. The van der Waals surface area contributed by atoms with E-state index in [1.165, 1.54) is 11.8 Å². The van der Waals surface area contributed by atoms with Crippen molar-refractivity contribution in [3.8, 4) is 11.1 Å². The van der Waals surface area contributed by atoms with Crippen molar-refractivity contribution < 1.29 is 22.7 Å². The van der Waals surface area contributed by atoms with Crippen molar-refractivity contribution in [1.82, 2.24) is 9.62 Å². The molecule has 1 atom stereocenters. The summed E-state index contributed by atoms with van der Waals surface area (Å²) in [6, 6.07) is 17.3.